The molecule has 1 spiro atoms. The highest BCUT2D eigenvalue weighted by molar-refractivity contribution is 5.90. The Morgan fingerprint density at radius 1 is 1.32 bits per heavy atom. The minimum Gasteiger partial charge on any atom is -0.378 e. The fourth-order valence-electron chi connectivity index (χ4n) is 3.70. The number of aromatic nitrogens is 2. The predicted octanol–water partition coefficient (Wildman–Crippen LogP) is 2.40. The average molecular weight is 299 g/mol. The normalized spacial score (nSPS) is 29.1. The highest BCUT2D eigenvalue weighted by atomic mass is 16.6. The van der Waals surface area contributed by atoms with E-state index in [2.05, 4.69) is 27.9 Å². The van der Waals surface area contributed by atoms with Gasteiger partial charge in [0.05, 0.1) is 18.2 Å². The fraction of sp³-hybridized carbons (Fsp3) is 0.529. The van der Waals surface area contributed by atoms with Gasteiger partial charge >= 0.3 is 0 Å². The molecular weight excluding hydrogens is 278 g/mol. The zero-order valence-corrected chi connectivity index (χ0v) is 12.9. The van der Waals surface area contributed by atoms with Crippen LogP contribution >= 0.6 is 0 Å². The third kappa shape index (κ3) is 2.44. The van der Waals surface area contributed by atoms with Crippen molar-refractivity contribution in [1.29, 1.82) is 0 Å². The molecule has 0 N–H and O–H groups in total. The van der Waals surface area contributed by atoms with Crippen molar-refractivity contribution in [3.63, 3.8) is 0 Å². The Morgan fingerprint density at radius 3 is 3.14 bits per heavy atom. The van der Waals surface area contributed by atoms with E-state index >= 15 is 0 Å². The molecule has 5 nitrogen and oxygen atoms in total. The van der Waals surface area contributed by atoms with Crippen molar-refractivity contribution in [3.05, 3.63) is 30.7 Å². The number of nitrogens with zero attached hydrogens (tertiary/aromatic N) is 3. The minimum absolute atomic E-state index is 0.173. The van der Waals surface area contributed by atoms with Crippen molar-refractivity contribution >= 4 is 16.6 Å². The molecule has 2 fully saturated rings. The largest absolute Gasteiger partial charge is 0.378 e. The molecular formula is C17H21N3O2. The maximum Gasteiger partial charge on any atom is 0.109 e. The molecule has 2 atom stereocenters. The van der Waals surface area contributed by atoms with E-state index < -0.39 is 0 Å². The number of pyridine rings is 2. The topological polar surface area (TPSA) is 47.5 Å². The molecule has 2 saturated heterocycles. The maximum atomic E-state index is 6.28. The van der Waals surface area contributed by atoms with Gasteiger partial charge in [0.1, 0.15) is 5.60 Å². The summed E-state index contributed by atoms with van der Waals surface area (Å²) in [6.45, 7) is 5.43. The van der Waals surface area contributed by atoms with Gasteiger partial charge in [0, 0.05) is 49.4 Å². The van der Waals surface area contributed by atoms with Crippen LogP contribution in [0.25, 0.3) is 10.9 Å². The van der Waals surface area contributed by atoms with Crippen LogP contribution in [0.4, 0.5) is 5.69 Å². The minimum atomic E-state index is -0.173. The molecule has 0 amide bonds. The Hall–Kier alpha value is -1.72. The Labute approximate surface area is 130 Å². The van der Waals surface area contributed by atoms with Gasteiger partial charge in [0.25, 0.3) is 0 Å². The van der Waals surface area contributed by atoms with E-state index in [0.717, 1.165) is 43.4 Å². The molecule has 4 heterocycles. The maximum absolute atomic E-state index is 6.28. The number of rotatable bonds is 1. The first-order valence-corrected chi connectivity index (χ1v) is 7.95. The first kappa shape index (κ1) is 13.9. The van der Waals surface area contributed by atoms with Crippen LogP contribution in [0, 0.1) is 0 Å². The van der Waals surface area contributed by atoms with Gasteiger partial charge in [-0.25, -0.2) is 0 Å². The standard InChI is InChI=1S/C17H21N3O2/c1-13-10-20(11-17(22-13)5-2-8-21-12-17)16-4-7-19-15-3-6-18-9-14(15)16/h3-4,6-7,9,13H,2,5,8,10-12H2,1H3/t13-,17+/m0/s1. The van der Waals surface area contributed by atoms with Crippen LogP contribution in [-0.2, 0) is 9.47 Å². The van der Waals surface area contributed by atoms with Crippen molar-refractivity contribution in [3.8, 4) is 0 Å². The summed E-state index contributed by atoms with van der Waals surface area (Å²) in [6.07, 6.45) is 7.89. The van der Waals surface area contributed by atoms with Crippen molar-refractivity contribution in [2.45, 2.75) is 31.5 Å². The molecule has 4 rings (SSSR count). The molecule has 0 aromatic carbocycles. The SMILES string of the molecule is C[C@H]1CN(c2ccnc3ccncc23)C[C@@]2(CCCOC2)O1. The molecule has 0 saturated carbocycles. The zero-order valence-electron chi connectivity index (χ0n) is 12.9. The van der Waals surface area contributed by atoms with Gasteiger partial charge in [-0.15, -0.1) is 0 Å². The van der Waals surface area contributed by atoms with Crippen molar-refractivity contribution in [1.82, 2.24) is 9.97 Å². The quantitative estimate of drug-likeness (QED) is 0.809. The highest BCUT2D eigenvalue weighted by Gasteiger charge is 2.41. The molecule has 0 radical (unpaired) electrons. The van der Waals surface area contributed by atoms with Gasteiger partial charge in [-0.2, -0.15) is 0 Å². The molecule has 5 heteroatoms. The Bertz CT molecular complexity index is 665. The van der Waals surface area contributed by atoms with E-state index in [1.165, 1.54) is 5.69 Å². The summed E-state index contributed by atoms with van der Waals surface area (Å²) in [5, 5.41) is 1.10. The van der Waals surface area contributed by atoms with Crippen LogP contribution in [0.1, 0.15) is 19.8 Å². The third-order valence-corrected chi connectivity index (χ3v) is 4.55. The second-order valence-electron chi connectivity index (χ2n) is 6.37. The smallest absolute Gasteiger partial charge is 0.109 e. The summed E-state index contributed by atoms with van der Waals surface area (Å²) < 4.78 is 12.0. The van der Waals surface area contributed by atoms with Gasteiger partial charge in [-0.05, 0) is 31.9 Å². The van der Waals surface area contributed by atoms with E-state index in [-0.39, 0.29) is 11.7 Å². The predicted molar refractivity (Wildman–Crippen MR) is 85.1 cm³/mol. The Kier molecular flexibility index (Phi) is 3.47. The first-order chi connectivity index (χ1) is 10.8. The molecule has 2 aliphatic rings. The van der Waals surface area contributed by atoms with E-state index in [9.17, 15) is 0 Å². The van der Waals surface area contributed by atoms with Crippen molar-refractivity contribution in [2.75, 3.05) is 31.2 Å². The van der Waals surface area contributed by atoms with Crippen LogP contribution in [0.5, 0.6) is 0 Å². The van der Waals surface area contributed by atoms with Gasteiger partial charge in [-0.1, -0.05) is 0 Å². The summed E-state index contributed by atoms with van der Waals surface area (Å²) in [5.74, 6) is 0. The second-order valence-corrected chi connectivity index (χ2v) is 6.37. The summed E-state index contributed by atoms with van der Waals surface area (Å²) in [6, 6.07) is 4.04. The molecule has 0 bridgehead atoms. The van der Waals surface area contributed by atoms with Crippen molar-refractivity contribution < 1.29 is 9.47 Å². The summed E-state index contributed by atoms with van der Waals surface area (Å²) in [7, 11) is 0. The van der Waals surface area contributed by atoms with E-state index in [1.807, 2.05) is 18.5 Å². The number of hydrogen-bond acceptors (Lipinski definition) is 5. The molecule has 2 aromatic heterocycles. The monoisotopic (exact) mass is 299 g/mol. The van der Waals surface area contributed by atoms with E-state index in [4.69, 9.17) is 9.47 Å². The van der Waals surface area contributed by atoms with Crippen LogP contribution in [0.3, 0.4) is 0 Å². The Balaban J connectivity index is 1.71. The van der Waals surface area contributed by atoms with Crippen LogP contribution in [-0.4, -0.2) is 48.0 Å². The zero-order chi connectivity index (χ0) is 15.0. The average Bonchev–Trinajstić information content (AvgIpc) is 2.54. The van der Waals surface area contributed by atoms with Gasteiger partial charge in [0.2, 0.25) is 0 Å². The van der Waals surface area contributed by atoms with Crippen molar-refractivity contribution in [2.24, 2.45) is 0 Å². The third-order valence-electron chi connectivity index (χ3n) is 4.55. The Morgan fingerprint density at radius 2 is 2.27 bits per heavy atom. The first-order valence-electron chi connectivity index (χ1n) is 7.95. The number of hydrogen-bond donors (Lipinski definition) is 0. The molecule has 2 aliphatic heterocycles. The second kappa shape index (κ2) is 5.48. The lowest BCUT2D eigenvalue weighted by atomic mass is 9.93. The summed E-state index contributed by atoms with van der Waals surface area (Å²) in [5.41, 5.74) is 2.01. The van der Waals surface area contributed by atoms with Crippen LogP contribution < -0.4 is 4.90 Å². The lowest BCUT2D eigenvalue weighted by Gasteiger charge is -2.48. The fourth-order valence-corrected chi connectivity index (χ4v) is 3.70. The summed E-state index contributed by atoms with van der Waals surface area (Å²) in [4.78, 5) is 11.1. The molecule has 0 aliphatic carbocycles. The van der Waals surface area contributed by atoms with Gasteiger partial charge in [-0.3, -0.25) is 9.97 Å². The lowest BCUT2D eigenvalue weighted by molar-refractivity contribution is -0.160. The van der Waals surface area contributed by atoms with Gasteiger partial charge < -0.3 is 14.4 Å². The van der Waals surface area contributed by atoms with E-state index in [0.29, 0.717) is 6.61 Å². The van der Waals surface area contributed by atoms with E-state index in [1.54, 1.807) is 6.20 Å². The number of ether oxygens (including phenoxy) is 2. The lowest BCUT2D eigenvalue weighted by Crippen LogP contribution is -2.58. The number of anilines is 1. The van der Waals surface area contributed by atoms with Crippen LogP contribution in [0.2, 0.25) is 0 Å². The molecule has 2 aromatic rings. The van der Waals surface area contributed by atoms with Gasteiger partial charge in [0.15, 0.2) is 0 Å². The molecule has 116 valence electrons. The number of fused-ring (bicyclic) bond motifs is 1. The summed E-state index contributed by atoms with van der Waals surface area (Å²) >= 11 is 0. The van der Waals surface area contributed by atoms with Crippen LogP contribution in [0.15, 0.2) is 30.7 Å². The molecule has 0 unspecified atom stereocenters. The molecule has 22 heavy (non-hydrogen) atoms. The highest BCUT2D eigenvalue weighted by Crippen LogP contribution is 2.34. The number of morpholine rings is 1.